The lowest BCUT2D eigenvalue weighted by molar-refractivity contribution is -0.136. The van der Waals surface area contributed by atoms with Gasteiger partial charge < -0.3 is 5.11 Å². The lowest BCUT2D eigenvalue weighted by Crippen LogP contribution is -1.95. The van der Waals surface area contributed by atoms with Gasteiger partial charge in [-0.25, -0.2) is 0 Å². The van der Waals surface area contributed by atoms with Crippen molar-refractivity contribution < 1.29 is 9.90 Å². The summed E-state index contributed by atoms with van der Waals surface area (Å²) >= 11 is 5.70. The van der Waals surface area contributed by atoms with Crippen LogP contribution in [0.15, 0.2) is 22.8 Å². The van der Waals surface area contributed by atoms with Gasteiger partial charge in [-0.05, 0) is 25.5 Å². The maximum Gasteiger partial charge on any atom is 0.307 e. The summed E-state index contributed by atoms with van der Waals surface area (Å²) in [6, 6.07) is 0. The number of hydrogen-bond donors (Lipinski definition) is 1. The van der Waals surface area contributed by atoms with E-state index in [4.69, 9.17) is 16.7 Å². The zero-order valence-corrected chi connectivity index (χ0v) is 7.35. The SMILES string of the molecule is C/C=C/C(Cl)=C(\C)CC(=O)O. The molecule has 1 N–H and O–H groups in total. The number of halogens is 1. The van der Waals surface area contributed by atoms with Gasteiger partial charge in [0.15, 0.2) is 0 Å². The molecule has 0 aliphatic heterocycles. The first-order valence-electron chi connectivity index (χ1n) is 3.27. The minimum Gasteiger partial charge on any atom is -0.481 e. The molecule has 0 amide bonds. The Morgan fingerprint density at radius 3 is 2.55 bits per heavy atom. The fourth-order valence-corrected chi connectivity index (χ4v) is 0.793. The Morgan fingerprint density at radius 2 is 2.18 bits per heavy atom. The van der Waals surface area contributed by atoms with E-state index in [1.807, 2.05) is 6.92 Å². The highest BCUT2D eigenvalue weighted by Crippen LogP contribution is 2.13. The second-order valence-corrected chi connectivity index (χ2v) is 2.61. The summed E-state index contributed by atoms with van der Waals surface area (Å²) in [4.78, 5) is 10.2. The van der Waals surface area contributed by atoms with E-state index in [0.29, 0.717) is 10.6 Å². The molecule has 0 aliphatic carbocycles. The highest BCUT2D eigenvalue weighted by Gasteiger charge is 2.01. The van der Waals surface area contributed by atoms with Crippen molar-refractivity contribution in [2.45, 2.75) is 20.3 Å². The zero-order chi connectivity index (χ0) is 8.85. The molecule has 0 aliphatic rings. The van der Waals surface area contributed by atoms with Crippen LogP contribution in [0, 0.1) is 0 Å². The molecule has 3 heteroatoms. The van der Waals surface area contributed by atoms with Gasteiger partial charge in [0.1, 0.15) is 0 Å². The van der Waals surface area contributed by atoms with E-state index >= 15 is 0 Å². The molecule has 0 atom stereocenters. The number of aliphatic carboxylic acids is 1. The van der Waals surface area contributed by atoms with Gasteiger partial charge in [-0.1, -0.05) is 17.7 Å². The topological polar surface area (TPSA) is 37.3 Å². The molecule has 0 rings (SSSR count). The first kappa shape index (κ1) is 10.2. The van der Waals surface area contributed by atoms with Gasteiger partial charge in [0.05, 0.1) is 6.42 Å². The number of rotatable bonds is 3. The molecule has 0 saturated heterocycles. The van der Waals surface area contributed by atoms with Crippen molar-refractivity contribution in [3.8, 4) is 0 Å². The number of carboxylic acid groups (broad SMARTS) is 1. The van der Waals surface area contributed by atoms with E-state index in [9.17, 15) is 4.79 Å². The van der Waals surface area contributed by atoms with Crippen molar-refractivity contribution in [3.63, 3.8) is 0 Å². The zero-order valence-electron chi connectivity index (χ0n) is 6.60. The quantitative estimate of drug-likeness (QED) is 0.668. The van der Waals surface area contributed by atoms with E-state index < -0.39 is 5.97 Å². The summed E-state index contributed by atoms with van der Waals surface area (Å²) in [5, 5.41) is 8.89. The number of carbonyl (C=O) groups is 1. The Balaban J connectivity index is 4.27. The molecule has 62 valence electrons. The normalized spacial score (nSPS) is 13.4. The fourth-order valence-electron chi connectivity index (χ4n) is 0.600. The van der Waals surface area contributed by atoms with Crippen molar-refractivity contribution >= 4 is 17.6 Å². The van der Waals surface area contributed by atoms with Crippen LogP contribution in [0.1, 0.15) is 20.3 Å². The van der Waals surface area contributed by atoms with Crippen LogP contribution in [0.5, 0.6) is 0 Å². The van der Waals surface area contributed by atoms with E-state index in [1.165, 1.54) is 0 Å². The average molecular weight is 175 g/mol. The van der Waals surface area contributed by atoms with Gasteiger partial charge in [0.2, 0.25) is 0 Å². The Kier molecular flexibility index (Phi) is 4.62. The molecule has 0 spiro atoms. The molecule has 0 radical (unpaired) electrons. The van der Waals surface area contributed by atoms with Crippen LogP contribution in [0.2, 0.25) is 0 Å². The average Bonchev–Trinajstić information content (AvgIpc) is 1.86. The summed E-state index contributed by atoms with van der Waals surface area (Å²) in [6.45, 7) is 3.53. The Bertz CT molecular complexity index is 204. The van der Waals surface area contributed by atoms with E-state index in [-0.39, 0.29) is 6.42 Å². The molecule has 0 unspecified atom stereocenters. The van der Waals surface area contributed by atoms with Gasteiger partial charge in [-0.3, -0.25) is 4.79 Å². The monoisotopic (exact) mass is 174 g/mol. The predicted octanol–water partition coefficient (Wildman–Crippen LogP) is 2.55. The van der Waals surface area contributed by atoms with Crippen molar-refractivity contribution in [1.82, 2.24) is 0 Å². The molecule has 2 nitrogen and oxygen atoms in total. The smallest absolute Gasteiger partial charge is 0.307 e. The largest absolute Gasteiger partial charge is 0.481 e. The fraction of sp³-hybridized carbons (Fsp3) is 0.375. The second kappa shape index (κ2) is 4.97. The Morgan fingerprint density at radius 1 is 1.64 bits per heavy atom. The first-order chi connectivity index (χ1) is 5.07. The van der Waals surface area contributed by atoms with Gasteiger partial charge in [-0.2, -0.15) is 0 Å². The lowest BCUT2D eigenvalue weighted by Gasteiger charge is -1.96. The van der Waals surface area contributed by atoms with Crippen LogP contribution >= 0.6 is 11.6 Å². The lowest BCUT2D eigenvalue weighted by atomic mass is 10.2. The molecular weight excluding hydrogens is 164 g/mol. The standard InChI is InChI=1S/C8H11ClO2/c1-3-4-7(9)6(2)5-8(10)11/h3-4H,5H2,1-2H3,(H,10,11)/b4-3+,7-6-. The van der Waals surface area contributed by atoms with Crippen molar-refractivity contribution in [2.75, 3.05) is 0 Å². The van der Waals surface area contributed by atoms with Crippen LogP contribution in [0.4, 0.5) is 0 Å². The minimum atomic E-state index is -0.856. The van der Waals surface area contributed by atoms with Crippen LogP contribution in [0.3, 0.4) is 0 Å². The van der Waals surface area contributed by atoms with Gasteiger partial charge in [-0.15, -0.1) is 0 Å². The third kappa shape index (κ3) is 4.62. The molecule has 0 aromatic rings. The number of hydrogen-bond acceptors (Lipinski definition) is 1. The highest BCUT2D eigenvalue weighted by atomic mass is 35.5. The molecular formula is C8H11ClO2. The first-order valence-corrected chi connectivity index (χ1v) is 3.65. The van der Waals surface area contributed by atoms with E-state index in [2.05, 4.69) is 0 Å². The summed E-state index contributed by atoms with van der Waals surface area (Å²) in [5.41, 5.74) is 0.678. The van der Waals surface area contributed by atoms with Crippen LogP contribution in [-0.4, -0.2) is 11.1 Å². The Labute approximate surface area is 71.2 Å². The molecule has 0 heterocycles. The molecule has 0 bridgehead atoms. The second-order valence-electron chi connectivity index (χ2n) is 2.20. The molecule has 11 heavy (non-hydrogen) atoms. The van der Waals surface area contributed by atoms with Crippen LogP contribution in [-0.2, 0) is 4.79 Å². The van der Waals surface area contributed by atoms with Crippen LogP contribution in [0.25, 0.3) is 0 Å². The molecule has 0 saturated carbocycles. The maximum absolute atomic E-state index is 10.2. The van der Waals surface area contributed by atoms with Gasteiger partial charge >= 0.3 is 5.97 Å². The summed E-state index contributed by atoms with van der Waals surface area (Å²) in [7, 11) is 0. The summed E-state index contributed by atoms with van der Waals surface area (Å²) < 4.78 is 0. The van der Waals surface area contributed by atoms with Crippen molar-refractivity contribution in [1.29, 1.82) is 0 Å². The third-order valence-corrected chi connectivity index (χ3v) is 1.59. The molecule has 0 aromatic carbocycles. The highest BCUT2D eigenvalue weighted by molar-refractivity contribution is 6.31. The van der Waals surface area contributed by atoms with Crippen molar-refractivity contribution in [3.05, 3.63) is 22.8 Å². The maximum atomic E-state index is 10.2. The molecule has 0 aromatic heterocycles. The van der Waals surface area contributed by atoms with Crippen molar-refractivity contribution in [2.24, 2.45) is 0 Å². The summed E-state index contributed by atoms with van der Waals surface area (Å²) in [6.07, 6.45) is 3.46. The number of allylic oxidation sites excluding steroid dienone is 3. The van der Waals surface area contributed by atoms with Gasteiger partial charge in [0.25, 0.3) is 0 Å². The van der Waals surface area contributed by atoms with E-state index in [0.717, 1.165) is 0 Å². The number of carboxylic acids is 1. The molecule has 0 fully saturated rings. The minimum absolute atomic E-state index is 0.00315. The van der Waals surface area contributed by atoms with Gasteiger partial charge in [0, 0.05) is 5.03 Å². The van der Waals surface area contributed by atoms with E-state index in [1.54, 1.807) is 19.1 Å². The summed E-state index contributed by atoms with van der Waals surface area (Å²) in [5.74, 6) is -0.856. The third-order valence-electron chi connectivity index (χ3n) is 1.14. The van der Waals surface area contributed by atoms with Crippen LogP contribution < -0.4 is 0 Å². The predicted molar refractivity (Wildman–Crippen MR) is 45.6 cm³/mol. The Hall–Kier alpha value is -0.760.